The summed E-state index contributed by atoms with van der Waals surface area (Å²) in [6.07, 6.45) is -8.13. The molecule has 0 aromatic carbocycles. The number of ketones is 2. The normalized spacial score (nSPS) is 12.3. The highest BCUT2D eigenvalue weighted by molar-refractivity contribution is 6.36. The summed E-state index contributed by atoms with van der Waals surface area (Å²) < 4.78 is 58.8. The third-order valence-corrected chi connectivity index (χ3v) is 1.27. The van der Waals surface area contributed by atoms with Crippen molar-refractivity contribution in [3.8, 4) is 0 Å². The van der Waals surface area contributed by atoms with Crippen molar-refractivity contribution in [1.29, 1.82) is 0 Å². The van der Waals surface area contributed by atoms with Gasteiger partial charge in [-0.15, -0.1) is 0 Å². The van der Waals surface area contributed by atoms with Gasteiger partial charge in [-0.05, 0) is 0 Å². The summed E-state index contributed by atoms with van der Waals surface area (Å²) in [5, 5.41) is 7.87. The average molecular weight is 234 g/mol. The van der Waals surface area contributed by atoms with Crippen LogP contribution in [0.3, 0.4) is 0 Å². The maximum absolute atomic E-state index is 12.1. The Morgan fingerprint density at radius 1 is 1.00 bits per heavy atom. The van der Waals surface area contributed by atoms with Crippen molar-refractivity contribution >= 4 is 17.5 Å². The van der Waals surface area contributed by atoms with Crippen LogP contribution in [0.4, 0.5) is 22.0 Å². The number of aliphatic carboxylic acids is 1. The third-order valence-electron chi connectivity index (χ3n) is 1.27. The minimum absolute atomic E-state index is 2.00. The second kappa shape index (κ2) is 3.91. The number of Topliss-reactive ketones (excluding diaryl/α,β-unsaturated/α-hetero) is 2. The average Bonchev–Trinajstić information content (AvgIpc) is 2.01. The predicted molar refractivity (Wildman–Crippen MR) is 33.3 cm³/mol. The zero-order valence-electron chi connectivity index (χ0n) is 6.77. The molecule has 0 aromatic rings. The summed E-state index contributed by atoms with van der Waals surface area (Å²) in [6.45, 7) is 0. The molecule has 9 heteroatoms. The number of rotatable bonds is 4. The summed E-state index contributed by atoms with van der Waals surface area (Å²) in [5.74, 6) is -12.8. The Kier molecular flexibility index (Phi) is 3.51. The Morgan fingerprint density at radius 2 is 1.40 bits per heavy atom. The summed E-state index contributed by atoms with van der Waals surface area (Å²) in [4.78, 5) is 30.3. The molecule has 0 saturated carbocycles. The highest BCUT2D eigenvalue weighted by Crippen LogP contribution is 2.36. The lowest BCUT2D eigenvalue weighted by Gasteiger charge is -2.17. The van der Waals surface area contributed by atoms with Gasteiger partial charge in [0.1, 0.15) is 0 Å². The number of carbonyl (C=O) groups is 3. The second-order valence-corrected chi connectivity index (χ2v) is 2.40. The first kappa shape index (κ1) is 13.5. The molecule has 0 bridgehead atoms. The summed E-state index contributed by atoms with van der Waals surface area (Å²) in [5.41, 5.74) is 0. The van der Waals surface area contributed by atoms with Gasteiger partial charge in [0.25, 0.3) is 0 Å². The summed E-state index contributed by atoms with van der Waals surface area (Å²) in [6, 6.07) is 0. The molecule has 15 heavy (non-hydrogen) atoms. The largest absolute Gasteiger partial charge is 0.475 e. The molecular formula is C6H3F5O4. The second-order valence-electron chi connectivity index (χ2n) is 2.40. The Hall–Kier alpha value is -1.54. The van der Waals surface area contributed by atoms with E-state index in [-0.39, 0.29) is 0 Å². The van der Waals surface area contributed by atoms with Crippen LogP contribution in [0.25, 0.3) is 0 Å². The van der Waals surface area contributed by atoms with E-state index in [1.165, 1.54) is 0 Å². The van der Waals surface area contributed by atoms with Crippen LogP contribution in [0.1, 0.15) is 6.42 Å². The molecule has 4 nitrogen and oxygen atoms in total. The molecule has 0 fully saturated rings. The number of hydrogen-bond acceptors (Lipinski definition) is 3. The Labute approximate surface area is 78.7 Å². The van der Waals surface area contributed by atoms with Crippen molar-refractivity contribution < 1.29 is 41.4 Å². The molecule has 0 amide bonds. The smallest absolute Gasteiger partial charge is 0.461 e. The van der Waals surface area contributed by atoms with E-state index in [1.807, 2.05) is 0 Å². The topological polar surface area (TPSA) is 71.4 Å². The molecule has 0 aliphatic carbocycles. The molecular weight excluding hydrogens is 231 g/mol. The van der Waals surface area contributed by atoms with E-state index in [2.05, 4.69) is 0 Å². The first-order chi connectivity index (χ1) is 6.50. The van der Waals surface area contributed by atoms with Gasteiger partial charge >= 0.3 is 18.1 Å². The monoisotopic (exact) mass is 234 g/mol. The van der Waals surface area contributed by atoms with Crippen LogP contribution < -0.4 is 0 Å². The SMILES string of the molecule is O=C(O)C(=O)CC(=O)C(F)(F)C(F)(F)F. The number of carboxylic acids is 1. The van der Waals surface area contributed by atoms with Gasteiger partial charge in [0.2, 0.25) is 11.6 Å². The number of carboxylic acid groups (broad SMARTS) is 1. The third kappa shape index (κ3) is 2.96. The minimum Gasteiger partial charge on any atom is -0.475 e. The lowest BCUT2D eigenvalue weighted by molar-refractivity contribution is -0.268. The van der Waals surface area contributed by atoms with Gasteiger partial charge in [-0.2, -0.15) is 22.0 Å². The van der Waals surface area contributed by atoms with Crippen LogP contribution in [-0.4, -0.2) is 34.7 Å². The van der Waals surface area contributed by atoms with Crippen LogP contribution in [0.15, 0.2) is 0 Å². The molecule has 0 unspecified atom stereocenters. The van der Waals surface area contributed by atoms with Crippen LogP contribution in [0, 0.1) is 0 Å². The van der Waals surface area contributed by atoms with E-state index in [9.17, 15) is 36.3 Å². The molecule has 0 atom stereocenters. The maximum atomic E-state index is 12.1. The predicted octanol–water partition coefficient (Wildman–Crippen LogP) is 0.797. The lowest BCUT2D eigenvalue weighted by Crippen LogP contribution is -2.45. The first-order valence-electron chi connectivity index (χ1n) is 3.24. The fraction of sp³-hybridized carbons (Fsp3) is 0.500. The Balaban J connectivity index is 4.74. The molecule has 0 radical (unpaired) electrons. The minimum atomic E-state index is -6.14. The molecule has 0 aromatic heterocycles. The highest BCUT2D eigenvalue weighted by atomic mass is 19.4. The van der Waals surface area contributed by atoms with E-state index in [0.717, 1.165) is 0 Å². The van der Waals surface area contributed by atoms with Crippen molar-refractivity contribution in [3.63, 3.8) is 0 Å². The van der Waals surface area contributed by atoms with E-state index in [1.54, 1.807) is 0 Å². The molecule has 0 aliphatic heterocycles. The Morgan fingerprint density at radius 3 is 1.67 bits per heavy atom. The van der Waals surface area contributed by atoms with Crippen LogP contribution in [0.5, 0.6) is 0 Å². The zero-order valence-corrected chi connectivity index (χ0v) is 6.77. The van der Waals surface area contributed by atoms with Gasteiger partial charge in [-0.25, -0.2) is 4.79 Å². The van der Waals surface area contributed by atoms with Crippen molar-refractivity contribution in [2.24, 2.45) is 0 Å². The van der Waals surface area contributed by atoms with Gasteiger partial charge in [0.05, 0.1) is 6.42 Å². The highest BCUT2D eigenvalue weighted by Gasteiger charge is 2.63. The van der Waals surface area contributed by atoms with E-state index in [0.29, 0.717) is 0 Å². The molecule has 0 saturated heterocycles. The number of halogens is 5. The van der Waals surface area contributed by atoms with E-state index < -0.39 is 36.1 Å². The quantitative estimate of drug-likeness (QED) is 0.443. The standard InChI is InChI=1S/C6H3F5O4/c7-5(8,6(9,10)11)3(13)1-2(12)4(14)15/h1H2,(H,14,15). The van der Waals surface area contributed by atoms with E-state index in [4.69, 9.17) is 5.11 Å². The van der Waals surface area contributed by atoms with Gasteiger partial charge < -0.3 is 5.11 Å². The summed E-state index contributed by atoms with van der Waals surface area (Å²) >= 11 is 0. The maximum Gasteiger partial charge on any atom is 0.461 e. The molecule has 0 rings (SSSR count). The van der Waals surface area contributed by atoms with Gasteiger partial charge in [0.15, 0.2) is 0 Å². The number of carbonyl (C=O) groups excluding carboxylic acids is 2. The Bertz CT molecular complexity index is 305. The van der Waals surface area contributed by atoms with Crippen molar-refractivity contribution in [2.75, 3.05) is 0 Å². The van der Waals surface area contributed by atoms with Gasteiger partial charge in [-0.1, -0.05) is 0 Å². The lowest BCUT2D eigenvalue weighted by atomic mass is 10.1. The van der Waals surface area contributed by atoms with Gasteiger partial charge in [-0.3, -0.25) is 9.59 Å². The molecule has 0 spiro atoms. The van der Waals surface area contributed by atoms with Gasteiger partial charge in [0, 0.05) is 0 Å². The van der Waals surface area contributed by atoms with E-state index >= 15 is 0 Å². The molecule has 0 aliphatic rings. The summed E-state index contributed by atoms with van der Waals surface area (Å²) in [7, 11) is 0. The molecule has 0 heterocycles. The van der Waals surface area contributed by atoms with Crippen molar-refractivity contribution in [2.45, 2.75) is 18.5 Å². The number of hydrogen-bond donors (Lipinski definition) is 1. The zero-order chi connectivity index (χ0) is 12.4. The first-order valence-corrected chi connectivity index (χ1v) is 3.24. The van der Waals surface area contributed by atoms with Crippen molar-refractivity contribution in [3.05, 3.63) is 0 Å². The molecule has 1 N–H and O–H groups in total. The molecule has 86 valence electrons. The fourth-order valence-electron chi connectivity index (χ4n) is 0.491. The fourth-order valence-corrected chi connectivity index (χ4v) is 0.491. The number of alkyl halides is 5. The van der Waals surface area contributed by atoms with Crippen LogP contribution in [-0.2, 0) is 14.4 Å². The van der Waals surface area contributed by atoms with Crippen molar-refractivity contribution in [1.82, 2.24) is 0 Å². The van der Waals surface area contributed by atoms with Crippen LogP contribution >= 0.6 is 0 Å². The van der Waals surface area contributed by atoms with Crippen LogP contribution in [0.2, 0.25) is 0 Å².